The number of unbranched alkanes of at least 4 members (excludes halogenated alkanes) is 1. The second-order valence-corrected chi connectivity index (χ2v) is 4.54. The molecular weight excluding hydrogens is 261 g/mol. The van der Waals surface area contributed by atoms with Gasteiger partial charge in [0.25, 0.3) is 5.56 Å². The highest BCUT2D eigenvalue weighted by atomic mass is 19.1. The van der Waals surface area contributed by atoms with Crippen LogP contribution in [0.3, 0.4) is 0 Å². The Balaban J connectivity index is 2.21. The van der Waals surface area contributed by atoms with Crippen molar-refractivity contribution in [3.05, 3.63) is 40.7 Å². The summed E-state index contributed by atoms with van der Waals surface area (Å²) in [5.41, 5.74) is -0.000757. The first kappa shape index (κ1) is 14.2. The number of benzene rings is 1. The van der Waals surface area contributed by atoms with Crippen molar-refractivity contribution in [1.82, 2.24) is 14.9 Å². The molecule has 0 fully saturated rings. The topological polar surface area (TPSA) is 64.0 Å². The van der Waals surface area contributed by atoms with Gasteiger partial charge in [-0.3, -0.25) is 14.2 Å². The van der Waals surface area contributed by atoms with Crippen LogP contribution in [0.1, 0.15) is 19.8 Å². The van der Waals surface area contributed by atoms with Crippen LogP contribution in [0.2, 0.25) is 0 Å². The maximum Gasteiger partial charge on any atom is 0.261 e. The molecule has 0 aliphatic heterocycles. The molecule has 0 atom stereocenters. The van der Waals surface area contributed by atoms with Crippen LogP contribution in [0.4, 0.5) is 4.39 Å². The molecule has 0 saturated heterocycles. The van der Waals surface area contributed by atoms with Gasteiger partial charge in [0.2, 0.25) is 5.91 Å². The monoisotopic (exact) mass is 277 g/mol. The van der Waals surface area contributed by atoms with E-state index in [4.69, 9.17) is 0 Å². The van der Waals surface area contributed by atoms with E-state index in [9.17, 15) is 14.0 Å². The van der Waals surface area contributed by atoms with Crippen molar-refractivity contribution < 1.29 is 9.18 Å². The number of carbonyl (C=O) groups excluding carboxylic acids is 1. The first-order valence-electron chi connectivity index (χ1n) is 6.53. The second kappa shape index (κ2) is 6.27. The molecule has 1 aromatic heterocycles. The van der Waals surface area contributed by atoms with E-state index in [2.05, 4.69) is 10.3 Å². The molecule has 0 spiro atoms. The molecule has 1 aromatic carbocycles. The molecule has 5 nitrogen and oxygen atoms in total. The van der Waals surface area contributed by atoms with Crippen molar-refractivity contribution in [1.29, 1.82) is 0 Å². The first-order valence-corrected chi connectivity index (χ1v) is 6.53. The van der Waals surface area contributed by atoms with E-state index < -0.39 is 11.4 Å². The Bertz CT molecular complexity index is 682. The Hall–Kier alpha value is -2.24. The number of nitrogens with one attached hydrogen (secondary N) is 1. The van der Waals surface area contributed by atoms with Gasteiger partial charge in [-0.2, -0.15) is 0 Å². The van der Waals surface area contributed by atoms with E-state index in [1.807, 2.05) is 6.92 Å². The van der Waals surface area contributed by atoms with Gasteiger partial charge in [-0.25, -0.2) is 9.37 Å². The molecule has 1 N–H and O–H groups in total. The number of amides is 1. The standard InChI is InChI=1S/C14H16FN3O2/c1-2-3-6-16-13(19)8-18-9-17-12-5-4-10(15)7-11(12)14(18)20/h4-5,7,9H,2-3,6,8H2,1H3,(H,16,19). The molecule has 0 unspecified atom stereocenters. The van der Waals surface area contributed by atoms with Gasteiger partial charge >= 0.3 is 0 Å². The zero-order valence-corrected chi connectivity index (χ0v) is 11.2. The zero-order valence-electron chi connectivity index (χ0n) is 11.2. The van der Waals surface area contributed by atoms with Gasteiger partial charge in [-0.05, 0) is 24.6 Å². The Morgan fingerprint density at radius 2 is 2.25 bits per heavy atom. The third kappa shape index (κ3) is 3.20. The number of hydrogen-bond acceptors (Lipinski definition) is 3. The molecular formula is C14H16FN3O2. The summed E-state index contributed by atoms with van der Waals surface area (Å²) in [5, 5.41) is 2.89. The fraction of sp³-hybridized carbons (Fsp3) is 0.357. The van der Waals surface area contributed by atoms with E-state index in [0.717, 1.165) is 18.9 Å². The van der Waals surface area contributed by atoms with Gasteiger partial charge in [0.1, 0.15) is 12.4 Å². The first-order chi connectivity index (χ1) is 9.61. The summed E-state index contributed by atoms with van der Waals surface area (Å²) in [7, 11) is 0. The van der Waals surface area contributed by atoms with Crippen LogP contribution < -0.4 is 10.9 Å². The number of aromatic nitrogens is 2. The lowest BCUT2D eigenvalue weighted by atomic mass is 10.2. The van der Waals surface area contributed by atoms with Crippen LogP contribution in [0.25, 0.3) is 10.9 Å². The molecule has 6 heteroatoms. The van der Waals surface area contributed by atoms with Crippen molar-refractivity contribution in [3.63, 3.8) is 0 Å². The predicted molar refractivity (Wildman–Crippen MR) is 73.9 cm³/mol. The van der Waals surface area contributed by atoms with Crippen LogP contribution >= 0.6 is 0 Å². The summed E-state index contributed by atoms with van der Waals surface area (Å²) in [6.45, 7) is 2.50. The lowest BCUT2D eigenvalue weighted by molar-refractivity contribution is -0.121. The molecule has 1 amide bonds. The molecule has 106 valence electrons. The van der Waals surface area contributed by atoms with Crippen LogP contribution in [0.15, 0.2) is 29.3 Å². The van der Waals surface area contributed by atoms with Crippen molar-refractivity contribution in [2.24, 2.45) is 0 Å². The molecule has 0 aliphatic rings. The molecule has 2 rings (SSSR count). The summed E-state index contributed by atoms with van der Waals surface area (Å²) in [4.78, 5) is 27.8. The van der Waals surface area contributed by atoms with Gasteiger partial charge in [-0.15, -0.1) is 0 Å². The smallest absolute Gasteiger partial charge is 0.261 e. The van der Waals surface area contributed by atoms with Crippen molar-refractivity contribution in [2.45, 2.75) is 26.3 Å². The van der Waals surface area contributed by atoms with E-state index in [1.54, 1.807) is 0 Å². The minimum atomic E-state index is -0.499. The van der Waals surface area contributed by atoms with E-state index in [1.165, 1.54) is 23.0 Å². The summed E-state index contributed by atoms with van der Waals surface area (Å²) < 4.78 is 14.3. The van der Waals surface area contributed by atoms with E-state index in [0.29, 0.717) is 12.1 Å². The third-order valence-corrected chi connectivity index (χ3v) is 2.95. The number of rotatable bonds is 5. The van der Waals surface area contributed by atoms with Crippen LogP contribution in [0, 0.1) is 5.82 Å². The summed E-state index contributed by atoms with van der Waals surface area (Å²) in [6.07, 6.45) is 3.18. The van der Waals surface area contributed by atoms with Gasteiger partial charge in [-0.1, -0.05) is 13.3 Å². The molecule has 20 heavy (non-hydrogen) atoms. The minimum absolute atomic E-state index is 0.109. The normalized spacial score (nSPS) is 10.7. The van der Waals surface area contributed by atoms with Gasteiger partial charge in [0.05, 0.1) is 17.2 Å². The number of nitrogens with zero attached hydrogens (tertiary/aromatic N) is 2. The molecule has 0 radical (unpaired) electrons. The fourth-order valence-electron chi connectivity index (χ4n) is 1.86. The number of halogens is 1. The summed E-state index contributed by atoms with van der Waals surface area (Å²) in [5.74, 6) is -0.750. The Morgan fingerprint density at radius 1 is 1.45 bits per heavy atom. The molecule has 0 aliphatic carbocycles. The molecule has 1 heterocycles. The second-order valence-electron chi connectivity index (χ2n) is 4.54. The number of carbonyl (C=O) groups is 1. The van der Waals surface area contributed by atoms with E-state index >= 15 is 0 Å². The average Bonchev–Trinajstić information content (AvgIpc) is 2.43. The number of hydrogen-bond donors (Lipinski definition) is 1. The van der Waals surface area contributed by atoms with Crippen molar-refractivity contribution >= 4 is 16.8 Å². The molecule has 0 bridgehead atoms. The number of fused-ring (bicyclic) bond motifs is 1. The highest BCUT2D eigenvalue weighted by Crippen LogP contribution is 2.08. The SMILES string of the molecule is CCCCNC(=O)Cn1cnc2ccc(F)cc2c1=O. The van der Waals surface area contributed by atoms with Crippen LogP contribution in [0.5, 0.6) is 0 Å². The predicted octanol–water partition coefficient (Wildman–Crippen LogP) is 1.45. The maximum absolute atomic E-state index is 13.2. The third-order valence-electron chi connectivity index (χ3n) is 2.95. The van der Waals surface area contributed by atoms with Crippen LogP contribution in [-0.4, -0.2) is 22.0 Å². The van der Waals surface area contributed by atoms with Gasteiger partial charge < -0.3 is 5.32 Å². The van der Waals surface area contributed by atoms with Crippen molar-refractivity contribution in [3.8, 4) is 0 Å². The Labute approximate surface area is 115 Å². The highest BCUT2D eigenvalue weighted by molar-refractivity contribution is 5.78. The highest BCUT2D eigenvalue weighted by Gasteiger charge is 2.08. The maximum atomic E-state index is 13.2. The molecule has 2 aromatic rings. The minimum Gasteiger partial charge on any atom is -0.355 e. The summed E-state index contributed by atoms with van der Waals surface area (Å²) >= 11 is 0. The fourth-order valence-corrected chi connectivity index (χ4v) is 1.86. The van der Waals surface area contributed by atoms with Gasteiger partial charge in [0.15, 0.2) is 0 Å². The zero-order chi connectivity index (χ0) is 14.5. The lowest BCUT2D eigenvalue weighted by Crippen LogP contribution is -2.33. The van der Waals surface area contributed by atoms with Crippen LogP contribution in [-0.2, 0) is 11.3 Å². The van der Waals surface area contributed by atoms with Gasteiger partial charge in [0, 0.05) is 6.54 Å². The van der Waals surface area contributed by atoms with E-state index in [-0.39, 0.29) is 17.8 Å². The van der Waals surface area contributed by atoms with Crippen molar-refractivity contribution in [2.75, 3.05) is 6.54 Å². The molecule has 0 saturated carbocycles. The Morgan fingerprint density at radius 3 is 3.00 bits per heavy atom. The Kier molecular flexibility index (Phi) is 4.45. The quantitative estimate of drug-likeness (QED) is 0.841. The lowest BCUT2D eigenvalue weighted by Gasteiger charge is -2.07. The average molecular weight is 277 g/mol. The summed E-state index contributed by atoms with van der Waals surface area (Å²) in [6, 6.07) is 3.82. The largest absolute Gasteiger partial charge is 0.355 e.